The highest BCUT2D eigenvalue weighted by atomic mass is 32.2. The molecule has 1 rings (SSSR count). The molecule has 0 bridgehead atoms. The number of hydrogen-bond acceptors (Lipinski definition) is 5. The summed E-state index contributed by atoms with van der Waals surface area (Å²) in [6, 6.07) is 2.06. The predicted octanol–water partition coefficient (Wildman–Crippen LogP) is 1.03. The number of nitrogens with zero attached hydrogens (tertiary/aromatic N) is 1. The molecule has 0 aliphatic carbocycles. The lowest BCUT2D eigenvalue weighted by Crippen LogP contribution is -2.06. The van der Waals surface area contributed by atoms with Gasteiger partial charge >= 0.3 is 0 Å². The maximum absolute atomic E-state index is 11.0. The van der Waals surface area contributed by atoms with Crippen molar-refractivity contribution in [1.29, 1.82) is 0 Å². The molecular formula is C11H18N2O2S2. The molecule has 0 amide bonds. The van der Waals surface area contributed by atoms with Crippen molar-refractivity contribution < 1.29 is 8.42 Å². The minimum absolute atomic E-state index is 0.184. The number of rotatable bonds is 6. The summed E-state index contributed by atoms with van der Waals surface area (Å²) in [5, 5.41) is 0.898. The van der Waals surface area contributed by atoms with E-state index in [-0.39, 0.29) is 5.75 Å². The predicted molar refractivity (Wildman–Crippen MR) is 72.2 cm³/mol. The molecule has 0 radical (unpaired) electrons. The summed E-state index contributed by atoms with van der Waals surface area (Å²) in [5.74, 6) is 0.728. The van der Waals surface area contributed by atoms with Crippen molar-refractivity contribution in [2.24, 2.45) is 5.73 Å². The highest BCUT2D eigenvalue weighted by molar-refractivity contribution is 8.00. The molecule has 0 atom stereocenters. The van der Waals surface area contributed by atoms with Gasteiger partial charge in [-0.1, -0.05) is 6.07 Å². The molecule has 6 heteroatoms. The van der Waals surface area contributed by atoms with Gasteiger partial charge in [-0.2, -0.15) is 0 Å². The average Bonchev–Trinajstić information content (AvgIpc) is 2.20. The van der Waals surface area contributed by atoms with Gasteiger partial charge in [0.2, 0.25) is 0 Å². The molecule has 17 heavy (non-hydrogen) atoms. The SMILES string of the molecule is Cc1cc(CCN)cnc1SCCS(C)(=O)=O. The Bertz CT molecular complexity index is 472. The molecular weight excluding hydrogens is 256 g/mol. The number of sulfone groups is 1. The van der Waals surface area contributed by atoms with E-state index in [0.717, 1.165) is 22.6 Å². The zero-order valence-corrected chi connectivity index (χ0v) is 11.8. The Hall–Kier alpha value is -0.590. The Labute approximate surface area is 107 Å². The van der Waals surface area contributed by atoms with E-state index in [1.54, 1.807) is 0 Å². The molecule has 0 aliphatic rings. The summed E-state index contributed by atoms with van der Waals surface area (Å²) in [7, 11) is -2.89. The Morgan fingerprint density at radius 3 is 2.71 bits per heavy atom. The highest BCUT2D eigenvalue weighted by Crippen LogP contribution is 2.20. The van der Waals surface area contributed by atoms with E-state index in [1.165, 1.54) is 18.0 Å². The van der Waals surface area contributed by atoms with Crippen LogP contribution in [0.25, 0.3) is 0 Å². The van der Waals surface area contributed by atoms with Crippen molar-refractivity contribution in [1.82, 2.24) is 4.98 Å². The van der Waals surface area contributed by atoms with E-state index in [4.69, 9.17) is 5.73 Å². The Balaban J connectivity index is 2.60. The second kappa shape index (κ2) is 6.37. The number of thioether (sulfide) groups is 1. The molecule has 1 heterocycles. The maximum atomic E-state index is 11.0. The topological polar surface area (TPSA) is 73.0 Å². The molecule has 0 aliphatic heterocycles. The van der Waals surface area contributed by atoms with Crippen molar-refractivity contribution in [3.8, 4) is 0 Å². The Morgan fingerprint density at radius 2 is 2.18 bits per heavy atom. The number of pyridine rings is 1. The van der Waals surface area contributed by atoms with Crippen LogP contribution in [0.15, 0.2) is 17.3 Å². The second-order valence-corrected chi connectivity index (χ2v) is 7.33. The van der Waals surface area contributed by atoms with Crippen LogP contribution in [0.3, 0.4) is 0 Å². The first kappa shape index (κ1) is 14.5. The lowest BCUT2D eigenvalue weighted by molar-refractivity contribution is 0.603. The lowest BCUT2D eigenvalue weighted by Gasteiger charge is -2.06. The average molecular weight is 274 g/mol. The van der Waals surface area contributed by atoms with Gasteiger partial charge in [0.05, 0.1) is 10.8 Å². The molecule has 1 aromatic heterocycles. The third kappa shape index (κ3) is 5.52. The fraction of sp³-hybridized carbons (Fsp3) is 0.545. The van der Waals surface area contributed by atoms with Gasteiger partial charge in [-0.25, -0.2) is 13.4 Å². The molecule has 4 nitrogen and oxygen atoms in total. The van der Waals surface area contributed by atoms with Crippen LogP contribution in [0.5, 0.6) is 0 Å². The molecule has 0 unspecified atom stereocenters. The van der Waals surface area contributed by atoms with Crippen molar-refractivity contribution >= 4 is 21.6 Å². The summed E-state index contributed by atoms with van der Waals surface area (Å²) in [6.07, 6.45) is 3.88. The first-order valence-electron chi connectivity index (χ1n) is 5.38. The Kier molecular flexibility index (Phi) is 5.42. The van der Waals surface area contributed by atoms with E-state index < -0.39 is 9.84 Å². The van der Waals surface area contributed by atoms with E-state index >= 15 is 0 Å². The van der Waals surface area contributed by atoms with Crippen molar-refractivity contribution in [2.45, 2.75) is 18.4 Å². The molecule has 96 valence electrons. The number of hydrogen-bond donors (Lipinski definition) is 1. The number of aromatic nitrogens is 1. The number of nitrogens with two attached hydrogens (primary N) is 1. The standard InChI is InChI=1S/C11H18N2O2S2/c1-9-7-10(3-4-12)8-13-11(9)16-5-6-17(2,14)15/h7-8H,3-6,12H2,1-2H3. The zero-order valence-electron chi connectivity index (χ0n) is 10.1. The van der Waals surface area contributed by atoms with E-state index in [1.807, 2.05) is 13.1 Å². The van der Waals surface area contributed by atoms with Gasteiger partial charge in [-0.3, -0.25) is 0 Å². The van der Waals surface area contributed by atoms with Gasteiger partial charge < -0.3 is 5.73 Å². The highest BCUT2D eigenvalue weighted by Gasteiger charge is 2.06. The summed E-state index contributed by atoms with van der Waals surface area (Å²) in [5.41, 5.74) is 7.68. The normalized spacial score (nSPS) is 11.7. The van der Waals surface area contributed by atoms with Gasteiger partial charge in [0, 0.05) is 18.2 Å². The molecule has 0 saturated heterocycles. The first-order chi connectivity index (χ1) is 7.92. The fourth-order valence-electron chi connectivity index (χ4n) is 1.36. The van der Waals surface area contributed by atoms with Crippen molar-refractivity contribution in [3.05, 3.63) is 23.4 Å². The van der Waals surface area contributed by atoms with Crippen LogP contribution in [0.4, 0.5) is 0 Å². The van der Waals surface area contributed by atoms with E-state index in [2.05, 4.69) is 11.1 Å². The minimum atomic E-state index is -2.89. The summed E-state index contributed by atoms with van der Waals surface area (Å²) < 4.78 is 22.0. The van der Waals surface area contributed by atoms with Crippen LogP contribution in [-0.4, -0.2) is 37.7 Å². The smallest absolute Gasteiger partial charge is 0.148 e. The summed E-state index contributed by atoms with van der Waals surface area (Å²) >= 11 is 1.48. The van der Waals surface area contributed by atoms with Gasteiger partial charge in [0.1, 0.15) is 9.84 Å². The van der Waals surface area contributed by atoms with Gasteiger partial charge in [-0.15, -0.1) is 11.8 Å². The van der Waals surface area contributed by atoms with Crippen LogP contribution in [0.2, 0.25) is 0 Å². The van der Waals surface area contributed by atoms with E-state index in [0.29, 0.717) is 12.3 Å². The third-order valence-corrected chi connectivity index (χ3v) is 4.53. The van der Waals surface area contributed by atoms with Gasteiger partial charge in [0.25, 0.3) is 0 Å². The largest absolute Gasteiger partial charge is 0.330 e. The van der Waals surface area contributed by atoms with Crippen LogP contribution in [0.1, 0.15) is 11.1 Å². The van der Waals surface area contributed by atoms with Gasteiger partial charge in [0.15, 0.2) is 0 Å². The molecule has 1 aromatic rings. The summed E-state index contributed by atoms with van der Waals surface area (Å²) in [4.78, 5) is 4.33. The monoisotopic (exact) mass is 274 g/mol. The van der Waals surface area contributed by atoms with Gasteiger partial charge in [-0.05, 0) is 31.0 Å². The van der Waals surface area contributed by atoms with Crippen LogP contribution >= 0.6 is 11.8 Å². The fourth-order valence-corrected chi connectivity index (χ4v) is 3.52. The van der Waals surface area contributed by atoms with Crippen LogP contribution < -0.4 is 5.73 Å². The molecule has 0 spiro atoms. The minimum Gasteiger partial charge on any atom is -0.330 e. The van der Waals surface area contributed by atoms with Crippen LogP contribution in [-0.2, 0) is 16.3 Å². The van der Waals surface area contributed by atoms with Crippen molar-refractivity contribution in [2.75, 3.05) is 24.3 Å². The van der Waals surface area contributed by atoms with Crippen LogP contribution in [0, 0.1) is 6.92 Å². The number of aryl methyl sites for hydroxylation is 1. The Morgan fingerprint density at radius 1 is 1.47 bits per heavy atom. The molecule has 0 fully saturated rings. The third-order valence-electron chi connectivity index (χ3n) is 2.21. The molecule has 0 aromatic carbocycles. The second-order valence-electron chi connectivity index (χ2n) is 3.98. The maximum Gasteiger partial charge on any atom is 0.148 e. The van der Waals surface area contributed by atoms with Crippen molar-refractivity contribution in [3.63, 3.8) is 0 Å². The first-order valence-corrected chi connectivity index (χ1v) is 8.43. The molecule has 0 saturated carbocycles. The zero-order chi connectivity index (χ0) is 12.9. The molecule has 2 N–H and O–H groups in total. The quantitative estimate of drug-likeness (QED) is 0.784. The summed E-state index contributed by atoms with van der Waals surface area (Å²) in [6.45, 7) is 2.59. The lowest BCUT2D eigenvalue weighted by atomic mass is 10.2. The van der Waals surface area contributed by atoms with E-state index in [9.17, 15) is 8.42 Å².